The molecule has 2 aromatic carbocycles. The van der Waals surface area contributed by atoms with E-state index in [1.165, 1.54) is 16.3 Å². The van der Waals surface area contributed by atoms with Crippen LogP contribution in [0.3, 0.4) is 0 Å². The summed E-state index contributed by atoms with van der Waals surface area (Å²) < 4.78 is 10.4. The number of aliphatic carboxylic acids is 1. The first-order chi connectivity index (χ1) is 17.8. The van der Waals surface area contributed by atoms with Crippen molar-refractivity contribution in [2.45, 2.75) is 65.6 Å². The fourth-order valence-electron chi connectivity index (χ4n) is 5.35. The Bertz CT molecular complexity index is 1630. The summed E-state index contributed by atoms with van der Waals surface area (Å²) in [7, 11) is 0. The Morgan fingerprint density at radius 2 is 1.74 bits per heavy atom. The first kappa shape index (κ1) is 25.5. The van der Waals surface area contributed by atoms with Crippen molar-refractivity contribution in [1.82, 2.24) is 13.9 Å². The van der Waals surface area contributed by atoms with E-state index in [0.29, 0.717) is 17.0 Å². The van der Waals surface area contributed by atoms with Gasteiger partial charge >= 0.3 is 17.3 Å². The van der Waals surface area contributed by atoms with Gasteiger partial charge in [0.05, 0.1) is 17.6 Å². The number of rotatable bonds is 5. The molecule has 0 fully saturated rings. The summed E-state index contributed by atoms with van der Waals surface area (Å²) in [5.74, 6) is -0.754. The molecule has 2 atom stereocenters. The molecule has 2 aliphatic rings. The molecule has 9 heteroatoms. The zero-order valence-electron chi connectivity index (χ0n) is 22.3. The van der Waals surface area contributed by atoms with Crippen LogP contribution in [0.5, 0.6) is 5.75 Å². The fourth-order valence-corrected chi connectivity index (χ4v) is 5.35. The minimum Gasteiger partial charge on any atom is -0.483 e. The van der Waals surface area contributed by atoms with Gasteiger partial charge in [0.15, 0.2) is 5.78 Å². The van der Waals surface area contributed by atoms with E-state index in [1.807, 2.05) is 45.0 Å². The lowest BCUT2D eigenvalue weighted by molar-refractivity contribution is -0.148. The molecule has 38 heavy (non-hydrogen) atoms. The van der Waals surface area contributed by atoms with Crippen LogP contribution < -0.4 is 16.1 Å². The second-order valence-corrected chi connectivity index (χ2v) is 11.2. The molecule has 2 aliphatic heterocycles. The predicted molar refractivity (Wildman–Crippen MR) is 141 cm³/mol. The molecule has 198 valence electrons. The number of ether oxygens (including phenoxy) is 1. The molecular formula is C29H31N3O6. The first-order valence-electron chi connectivity index (χ1n) is 12.6. The Labute approximate surface area is 219 Å². The van der Waals surface area contributed by atoms with Crippen LogP contribution >= 0.6 is 0 Å². The van der Waals surface area contributed by atoms with Crippen molar-refractivity contribution in [3.05, 3.63) is 91.8 Å². The van der Waals surface area contributed by atoms with Crippen LogP contribution in [0.15, 0.2) is 63.7 Å². The Morgan fingerprint density at radius 1 is 1.08 bits per heavy atom. The highest BCUT2D eigenvalue weighted by Gasteiger charge is 2.44. The number of carbonyl (C=O) groups excluding carboxylic acids is 1. The standard InChI is InChI=1S/C29H31N3O6/c1-16(28(3,4)25(34)35)19-9-12-21-23(15-19)38-29(5,6)22-13-14-30-26(36)31(27(37)32(30)24(21)22)20-10-7-18(8-11-20)17(2)33/h7-13,15-16,24H,14H2,1-6H3,(H,34,35). The zero-order chi connectivity index (χ0) is 27.7. The van der Waals surface area contributed by atoms with Crippen LogP contribution in [-0.2, 0) is 11.3 Å². The number of carbonyl (C=O) groups is 2. The van der Waals surface area contributed by atoms with Crippen molar-refractivity contribution >= 4 is 11.8 Å². The molecule has 5 rings (SSSR count). The summed E-state index contributed by atoms with van der Waals surface area (Å²) in [4.78, 5) is 50.8. The molecule has 0 saturated heterocycles. The van der Waals surface area contributed by atoms with Crippen molar-refractivity contribution < 1.29 is 19.4 Å². The first-order valence-corrected chi connectivity index (χ1v) is 12.6. The van der Waals surface area contributed by atoms with E-state index < -0.39 is 34.4 Å². The van der Waals surface area contributed by atoms with Crippen molar-refractivity contribution in [3.8, 4) is 11.4 Å². The molecule has 0 saturated carbocycles. The molecule has 2 unspecified atom stereocenters. The second-order valence-electron chi connectivity index (χ2n) is 11.2. The lowest BCUT2D eigenvalue weighted by Gasteiger charge is -2.43. The molecule has 1 aromatic heterocycles. The van der Waals surface area contributed by atoms with E-state index in [-0.39, 0.29) is 18.2 Å². The smallest absolute Gasteiger partial charge is 0.352 e. The predicted octanol–water partition coefficient (Wildman–Crippen LogP) is 3.92. The van der Waals surface area contributed by atoms with Crippen LogP contribution in [0, 0.1) is 5.41 Å². The number of hydrogen-bond donors (Lipinski definition) is 1. The lowest BCUT2D eigenvalue weighted by Crippen LogP contribution is -2.46. The van der Waals surface area contributed by atoms with Crippen molar-refractivity contribution in [2.75, 3.05) is 0 Å². The number of carboxylic acids is 1. The van der Waals surface area contributed by atoms with E-state index in [4.69, 9.17) is 4.74 Å². The van der Waals surface area contributed by atoms with Gasteiger partial charge in [-0.05, 0) is 82.0 Å². The van der Waals surface area contributed by atoms with E-state index in [1.54, 1.807) is 38.1 Å². The van der Waals surface area contributed by atoms with Crippen LogP contribution in [0.4, 0.5) is 0 Å². The number of allylic oxidation sites excluding steroid dienone is 1. The Kier molecular flexibility index (Phi) is 5.67. The van der Waals surface area contributed by atoms with E-state index in [0.717, 1.165) is 21.3 Å². The highest BCUT2D eigenvalue weighted by Crippen LogP contribution is 2.48. The summed E-state index contributed by atoms with van der Waals surface area (Å²) in [6.07, 6.45) is 1.93. The van der Waals surface area contributed by atoms with Gasteiger partial charge in [-0.15, -0.1) is 0 Å². The number of fused-ring (bicyclic) bond motifs is 5. The SMILES string of the molecule is CC(=O)c1ccc(-n2c(=O)n3n(c2=O)C2C(=CC3)C(C)(C)Oc3cc(C(C)C(C)(C)C(=O)O)ccc32)cc1. The van der Waals surface area contributed by atoms with Crippen molar-refractivity contribution in [2.24, 2.45) is 5.41 Å². The quantitative estimate of drug-likeness (QED) is 0.406. The van der Waals surface area contributed by atoms with Gasteiger partial charge in [-0.3, -0.25) is 9.59 Å². The molecule has 0 aliphatic carbocycles. The average molecular weight is 518 g/mol. The van der Waals surface area contributed by atoms with Crippen molar-refractivity contribution in [3.63, 3.8) is 0 Å². The van der Waals surface area contributed by atoms with Crippen LogP contribution in [0.2, 0.25) is 0 Å². The number of aromatic nitrogens is 3. The molecule has 1 N–H and O–H groups in total. The Balaban J connectivity index is 1.67. The number of carboxylic acid groups (broad SMARTS) is 1. The van der Waals surface area contributed by atoms with Gasteiger partial charge in [-0.25, -0.2) is 23.5 Å². The molecule has 9 nitrogen and oxygen atoms in total. The largest absolute Gasteiger partial charge is 0.483 e. The minimum absolute atomic E-state index is 0.105. The second kappa shape index (κ2) is 8.44. The zero-order valence-corrected chi connectivity index (χ0v) is 22.3. The molecule has 0 spiro atoms. The maximum atomic E-state index is 13.8. The number of nitrogens with zero attached hydrogens (tertiary/aromatic N) is 3. The number of hydrogen-bond acceptors (Lipinski definition) is 5. The van der Waals surface area contributed by atoms with Gasteiger partial charge in [-0.1, -0.05) is 25.1 Å². The monoisotopic (exact) mass is 517 g/mol. The van der Waals surface area contributed by atoms with Crippen molar-refractivity contribution in [1.29, 1.82) is 0 Å². The number of benzene rings is 2. The molecular weight excluding hydrogens is 486 g/mol. The van der Waals surface area contributed by atoms with Gasteiger partial charge in [0, 0.05) is 11.1 Å². The maximum Gasteiger partial charge on any atom is 0.352 e. The molecule has 3 heterocycles. The molecule has 3 aromatic rings. The average Bonchev–Trinajstić information content (AvgIpc) is 3.12. The number of Topliss-reactive ketones (excluding diaryl/α,β-unsaturated/α-hetero) is 1. The molecule has 0 radical (unpaired) electrons. The fraction of sp³-hybridized carbons (Fsp3) is 0.379. The number of ketones is 1. The van der Waals surface area contributed by atoms with Crippen LogP contribution in [0.25, 0.3) is 5.69 Å². The molecule has 0 bridgehead atoms. The maximum absolute atomic E-state index is 13.8. The summed E-state index contributed by atoms with van der Waals surface area (Å²) >= 11 is 0. The summed E-state index contributed by atoms with van der Waals surface area (Å²) in [5, 5.41) is 9.73. The van der Waals surface area contributed by atoms with E-state index in [2.05, 4.69) is 0 Å². The van der Waals surface area contributed by atoms with Gasteiger partial charge in [0.1, 0.15) is 17.4 Å². The van der Waals surface area contributed by atoms with Gasteiger partial charge in [0.2, 0.25) is 0 Å². The van der Waals surface area contributed by atoms with Crippen LogP contribution in [0.1, 0.15) is 75.0 Å². The van der Waals surface area contributed by atoms with Gasteiger partial charge in [0.25, 0.3) is 0 Å². The third-order valence-corrected chi connectivity index (χ3v) is 8.14. The third kappa shape index (κ3) is 3.68. The minimum atomic E-state index is -0.999. The molecule has 0 amide bonds. The Morgan fingerprint density at radius 3 is 2.34 bits per heavy atom. The Hall–Kier alpha value is -4.14. The summed E-state index contributed by atoms with van der Waals surface area (Å²) in [6.45, 7) is 10.8. The summed E-state index contributed by atoms with van der Waals surface area (Å²) in [6, 6.07) is 11.4. The highest BCUT2D eigenvalue weighted by molar-refractivity contribution is 5.94. The van der Waals surface area contributed by atoms with E-state index >= 15 is 0 Å². The van der Waals surface area contributed by atoms with E-state index in [9.17, 15) is 24.3 Å². The lowest BCUT2D eigenvalue weighted by atomic mass is 9.75. The normalized spacial score (nSPS) is 18.4. The van der Waals surface area contributed by atoms with Gasteiger partial charge < -0.3 is 9.84 Å². The topological polar surface area (TPSA) is 113 Å². The highest BCUT2D eigenvalue weighted by atomic mass is 16.5. The van der Waals surface area contributed by atoms with Crippen LogP contribution in [-0.4, -0.2) is 36.4 Å². The van der Waals surface area contributed by atoms with Gasteiger partial charge in [-0.2, -0.15) is 0 Å². The summed E-state index contributed by atoms with van der Waals surface area (Å²) in [5.41, 5.74) is 0.535. The third-order valence-electron chi connectivity index (χ3n) is 8.14.